The van der Waals surface area contributed by atoms with Crippen molar-refractivity contribution in [3.63, 3.8) is 0 Å². The molecule has 2 aromatic carbocycles. The molecule has 1 atom stereocenters. The average molecular weight is 345 g/mol. The standard InChI is InChI=1S/C15H14ClFO4S/c1-10-2-5-12(6-3-10)22(19,20)21-9-15(18)11-4-7-13(16)14(17)8-11/h2-8,15,18H,9H2,1H3. The lowest BCUT2D eigenvalue weighted by Crippen LogP contribution is -2.13. The Hall–Kier alpha value is -1.47. The van der Waals surface area contributed by atoms with Crippen molar-refractivity contribution >= 4 is 21.7 Å². The van der Waals surface area contributed by atoms with Crippen LogP contribution in [0.15, 0.2) is 47.4 Å². The van der Waals surface area contributed by atoms with Crippen molar-refractivity contribution in [1.29, 1.82) is 0 Å². The lowest BCUT2D eigenvalue weighted by molar-refractivity contribution is 0.111. The van der Waals surface area contributed by atoms with Crippen LogP contribution in [-0.2, 0) is 14.3 Å². The van der Waals surface area contributed by atoms with Crippen LogP contribution in [0, 0.1) is 12.7 Å². The molecule has 0 spiro atoms. The molecule has 0 aromatic heterocycles. The maximum atomic E-state index is 13.3. The van der Waals surface area contributed by atoms with Crippen LogP contribution in [0.4, 0.5) is 4.39 Å². The van der Waals surface area contributed by atoms with Gasteiger partial charge in [0.1, 0.15) is 11.9 Å². The van der Waals surface area contributed by atoms with Gasteiger partial charge >= 0.3 is 0 Å². The molecular formula is C15H14ClFO4S. The molecule has 7 heteroatoms. The van der Waals surface area contributed by atoms with Gasteiger partial charge in [-0.2, -0.15) is 8.42 Å². The molecule has 0 aliphatic heterocycles. The van der Waals surface area contributed by atoms with Crippen LogP contribution in [0.3, 0.4) is 0 Å². The summed E-state index contributed by atoms with van der Waals surface area (Å²) in [5.41, 5.74) is 1.09. The van der Waals surface area contributed by atoms with Gasteiger partial charge in [-0.15, -0.1) is 0 Å². The Morgan fingerprint density at radius 2 is 1.86 bits per heavy atom. The minimum absolute atomic E-state index is 0.00686. The van der Waals surface area contributed by atoms with E-state index < -0.39 is 28.6 Å². The maximum absolute atomic E-state index is 13.3. The zero-order chi connectivity index (χ0) is 16.3. The molecule has 1 N–H and O–H groups in total. The van der Waals surface area contributed by atoms with Gasteiger partial charge in [-0.1, -0.05) is 35.4 Å². The van der Waals surface area contributed by atoms with Crippen LogP contribution in [0.1, 0.15) is 17.2 Å². The number of hydrogen-bond acceptors (Lipinski definition) is 4. The van der Waals surface area contributed by atoms with E-state index in [2.05, 4.69) is 0 Å². The third-order valence-electron chi connectivity index (χ3n) is 3.02. The van der Waals surface area contributed by atoms with Crippen molar-refractivity contribution in [3.8, 4) is 0 Å². The molecule has 0 amide bonds. The number of hydrogen-bond donors (Lipinski definition) is 1. The van der Waals surface area contributed by atoms with E-state index in [1.165, 1.54) is 24.3 Å². The highest BCUT2D eigenvalue weighted by Crippen LogP contribution is 2.22. The number of benzene rings is 2. The van der Waals surface area contributed by atoms with Crippen LogP contribution >= 0.6 is 11.6 Å². The Bertz CT molecular complexity index is 760. The first-order valence-electron chi connectivity index (χ1n) is 6.39. The lowest BCUT2D eigenvalue weighted by Gasteiger charge is -2.12. The molecule has 0 aliphatic carbocycles. The summed E-state index contributed by atoms with van der Waals surface area (Å²) in [7, 11) is -3.98. The number of aliphatic hydroxyl groups excluding tert-OH is 1. The molecule has 22 heavy (non-hydrogen) atoms. The van der Waals surface area contributed by atoms with Crippen LogP contribution in [0.25, 0.3) is 0 Å². The van der Waals surface area contributed by atoms with Crippen LogP contribution in [0.2, 0.25) is 5.02 Å². The van der Waals surface area contributed by atoms with E-state index >= 15 is 0 Å². The molecule has 2 rings (SSSR count). The summed E-state index contributed by atoms with van der Waals surface area (Å²) in [4.78, 5) is -0.00686. The Kier molecular flexibility index (Phi) is 5.18. The third-order valence-corrected chi connectivity index (χ3v) is 4.62. The van der Waals surface area contributed by atoms with Gasteiger partial charge in [-0.05, 0) is 36.8 Å². The van der Waals surface area contributed by atoms with E-state index in [4.69, 9.17) is 15.8 Å². The van der Waals surface area contributed by atoms with Crippen LogP contribution in [0.5, 0.6) is 0 Å². The van der Waals surface area contributed by atoms with E-state index in [1.807, 2.05) is 6.92 Å². The molecule has 2 aromatic rings. The van der Waals surface area contributed by atoms with Crippen molar-refractivity contribution in [2.45, 2.75) is 17.9 Å². The van der Waals surface area contributed by atoms with Gasteiger partial charge in [0.15, 0.2) is 0 Å². The number of rotatable bonds is 5. The summed E-state index contributed by atoms with van der Waals surface area (Å²) in [5.74, 6) is -0.695. The van der Waals surface area contributed by atoms with Gasteiger partial charge in [0.05, 0.1) is 16.5 Å². The molecule has 0 heterocycles. The molecule has 0 saturated carbocycles. The second-order valence-corrected chi connectivity index (χ2v) is 6.76. The van der Waals surface area contributed by atoms with Gasteiger partial charge in [-0.25, -0.2) is 4.39 Å². The molecule has 0 bridgehead atoms. The molecule has 118 valence electrons. The first kappa shape index (κ1) is 16.9. The van der Waals surface area contributed by atoms with Crippen molar-refractivity contribution in [3.05, 3.63) is 64.4 Å². The quantitative estimate of drug-likeness (QED) is 0.846. The second-order valence-electron chi connectivity index (χ2n) is 4.74. The Balaban J connectivity index is 2.07. The van der Waals surface area contributed by atoms with Crippen molar-refractivity contribution in [1.82, 2.24) is 0 Å². The monoisotopic (exact) mass is 344 g/mol. The first-order chi connectivity index (χ1) is 10.3. The van der Waals surface area contributed by atoms with Gasteiger partial charge < -0.3 is 5.11 Å². The summed E-state index contributed by atoms with van der Waals surface area (Å²) < 4.78 is 42.1. The summed E-state index contributed by atoms with van der Waals surface area (Å²) >= 11 is 5.54. The number of aliphatic hydroxyl groups is 1. The van der Waals surface area contributed by atoms with Gasteiger partial charge in [0.25, 0.3) is 10.1 Å². The highest BCUT2D eigenvalue weighted by atomic mass is 35.5. The number of aryl methyl sites for hydroxylation is 1. The normalized spacial score (nSPS) is 13.1. The Morgan fingerprint density at radius 3 is 2.45 bits per heavy atom. The fraction of sp³-hybridized carbons (Fsp3) is 0.200. The molecule has 4 nitrogen and oxygen atoms in total. The van der Waals surface area contributed by atoms with E-state index in [9.17, 15) is 17.9 Å². The largest absolute Gasteiger partial charge is 0.386 e. The van der Waals surface area contributed by atoms with Gasteiger partial charge in [0, 0.05) is 0 Å². The third kappa shape index (κ3) is 4.04. The van der Waals surface area contributed by atoms with Crippen LogP contribution in [-0.4, -0.2) is 20.1 Å². The number of halogens is 2. The van der Waals surface area contributed by atoms with Gasteiger partial charge in [-0.3, -0.25) is 4.18 Å². The van der Waals surface area contributed by atoms with Crippen molar-refractivity contribution in [2.75, 3.05) is 6.61 Å². The zero-order valence-corrected chi connectivity index (χ0v) is 13.2. The van der Waals surface area contributed by atoms with Crippen LogP contribution < -0.4 is 0 Å². The average Bonchev–Trinajstić information content (AvgIpc) is 2.48. The molecular weight excluding hydrogens is 331 g/mol. The smallest absolute Gasteiger partial charge is 0.297 e. The predicted octanol–water partition coefficient (Wildman–Crippen LogP) is 3.23. The summed E-state index contributed by atoms with van der Waals surface area (Å²) in [6.07, 6.45) is -1.29. The summed E-state index contributed by atoms with van der Waals surface area (Å²) in [6.45, 7) is 1.31. The maximum Gasteiger partial charge on any atom is 0.297 e. The molecule has 1 unspecified atom stereocenters. The molecule has 0 fully saturated rings. The van der Waals surface area contributed by atoms with Crippen molar-refractivity contribution < 1.29 is 22.1 Å². The zero-order valence-electron chi connectivity index (χ0n) is 11.7. The Morgan fingerprint density at radius 1 is 1.23 bits per heavy atom. The Labute approximate surface area is 133 Å². The van der Waals surface area contributed by atoms with E-state index in [-0.39, 0.29) is 15.5 Å². The minimum Gasteiger partial charge on any atom is -0.386 e. The lowest BCUT2D eigenvalue weighted by atomic mass is 10.1. The topological polar surface area (TPSA) is 63.6 Å². The highest BCUT2D eigenvalue weighted by molar-refractivity contribution is 7.86. The summed E-state index contributed by atoms with van der Waals surface area (Å²) in [5, 5.41) is 9.81. The highest BCUT2D eigenvalue weighted by Gasteiger charge is 2.18. The van der Waals surface area contributed by atoms with E-state index in [0.717, 1.165) is 11.6 Å². The van der Waals surface area contributed by atoms with E-state index in [1.54, 1.807) is 12.1 Å². The molecule has 0 aliphatic rings. The van der Waals surface area contributed by atoms with Gasteiger partial charge in [0.2, 0.25) is 0 Å². The second kappa shape index (κ2) is 6.75. The SMILES string of the molecule is Cc1ccc(S(=O)(=O)OCC(O)c2ccc(Cl)c(F)c2)cc1. The molecule has 0 radical (unpaired) electrons. The fourth-order valence-electron chi connectivity index (χ4n) is 1.74. The fourth-order valence-corrected chi connectivity index (χ4v) is 2.77. The minimum atomic E-state index is -3.98. The summed E-state index contributed by atoms with van der Waals surface area (Å²) in [6, 6.07) is 9.83. The predicted molar refractivity (Wildman–Crippen MR) is 80.7 cm³/mol. The van der Waals surface area contributed by atoms with E-state index in [0.29, 0.717) is 0 Å². The first-order valence-corrected chi connectivity index (χ1v) is 8.17. The molecule has 0 saturated heterocycles. The van der Waals surface area contributed by atoms with Crippen molar-refractivity contribution in [2.24, 2.45) is 0 Å².